The number of hydrogen-bond acceptors (Lipinski definition) is 4. The van der Waals surface area contributed by atoms with E-state index in [1.54, 1.807) is 6.20 Å². The van der Waals surface area contributed by atoms with E-state index in [-0.39, 0.29) is 5.56 Å². The zero-order valence-electron chi connectivity index (χ0n) is 14.6. The molecule has 0 atom stereocenters. The number of pyridine rings is 1. The van der Waals surface area contributed by atoms with E-state index in [0.717, 1.165) is 47.4 Å². The average molecular weight is 413 g/mol. The number of H-pyrrole nitrogens is 1. The minimum absolute atomic E-state index is 0.137. The van der Waals surface area contributed by atoms with Crippen LogP contribution >= 0.6 is 15.9 Å². The van der Waals surface area contributed by atoms with Gasteiger partial charge in [-0.2, -0.15) is 0 Å². The Balaban J connectivity index is 1.56. The van der Waals surface area contributed by atoms with E-state index in [1.807, 2.05) is 25.1 Å². The first-order chi connectivity index (χ1) is 12.6. The largest absolute Gasteiger partial charge is 0.370 e. The van der Waals surface area contributed by atoms with Gasteiger partial charge in [-0.15, -0.1) is 0 Å². The Morgan fingerprint density at radius 1 is 1.19 bits per heavy atom. The Hall–Kier alpha value is -2.47. The number of benzene rings is 1. The van der Waals surface area contributed by atoms with Gasteiger partial charge in [-0.1, -0.05) is 35.0 Å². The van der Waals surface area contributed by atoms with Crippen LogP contribution in [0.15, 0.2) is 57.9 Å². The molecule has 2 N–H and O–H groups in total. The van der Waals surface area contributed by atoms with Crippen LogP contribution < -0.4 is 10.9 Å². The maximum atomic E-state index is 11.7. The van der Waals surface area contributed by atoms with Gasteiger partial charge >= 0.3 is 0 Å². The van der Waals surface area contributed by atoms with Gasteiger partial charge in [-0.05, 0) is 49.1 Å². The van der Waals surface area contributed by atoms with Gasteiger partial charge in [0, 0.05) is 34.5 Å². The Bertz CT molecular complexity index is 922. The molecule has 0 bridgehead atoms. The van der Waals surface area contributed by atoms with Crippen molar-refractivity contribution >= 4 is 21.7 Å². The molecule has 6 heteroatoms. The number of nitrogens with one attached hydrogen (secondary N) is 2. The molecule has 0 aliphatic heterocycles. The van der Waals surface area contributed by atoms with Gasteiger partial charge < -0.3 is 10.3 Å². The van der Waals surface area contributed by atoms with Crippen LogP contribution in [-0.4, -0.2) is 21.5 Å². The molecule has 5 nitrogen and oxygen atoms in total. The Morgan fingerprint density at radius 3 is 2.81 bits per heavy atom. The molecule has 2 heterocycles. The molecule has 1 aromatic carbocycles. The number of rotatable bonds is 7. The van der Waals surface area contributed by atoms with Crippen LogP contribution in [0.1, 0.15) is 24.6 Å². The van der Waals surface area contributed by atoms with Crippen molar-refractivity contribution in [2.45, 2.75) is 26.2 Å². The molecule has 3 aromatic rings. The minimum Gasteiger partial charge on any atom is -0.370 e. The highest BCUT2D eigenvalue weighted by molar-refractivity contribution is 9.10. The smallest absolute Gasteiger partial charge is 0.251 e. The molecule has 26 heavy (non-hydrogen) atoms. The van der Waals surface area contributed by atoms with Crippen LogP contribution in [0.4, 0.5) is 5.82 Å². The molecule has 0 aliphatic rings. The summed E-state index contributed by atoms with van der Waals surface area (Å²) < 4.78 is 1.11. The summed E-state index contributed by atoms with van der Waals surface area (Å²) in [5, 5.41) is 3.33. The van der Waals surface area contributed by atoms with Gasteiger partial charge in [0.15, 0.2) is 0 Å². The maximum absolute atomic E-state index is 11.7. The number of aryl methyl sites for hydroxylation is 2. The van der Waals surface area contributed by atoms with Crippen LogP contribution in [0.5, 0.6) is 0 Å². The summed E-state index contributed by atoms with van der Waals surface area (Å²) in [6, 6.07) is 13.7. The van der Waals surface area contributed by atoms with Crippen LogP contribution in [-0.2, 0) is 12.8 Å². The van der Waals surface area contributed by atoms with Crippen LogP contribution in [0.25, 0.3) is 11.4 Å². The van der Waals surface area contributed by atoms with E-state index >= 15 is 0 Å². The molecule has 0 saturated carbocycles. The molecule has 0 amide bonds. The van der Waals surface area contributed by atoms with Crippen LogP contribution in [0, 0.1) is 0 Å². The lowest BCUT2D eigenvalue weighted by molar-refractivity contribution is 0.858. The second-order valence-corrected chi connectivity index (χ2v) is 6.95. The summed E-state index contributed by atoms with van der Waals surface area (Å²) in [4.78, 5) is 23.3. The highest BCUT2D eigenvalue weighted by atomic mass is 79.9. The maximum Gasteiger partial charge on any atom is 0.251 e. The van der Waals surface area contributed by atoms with E-state index in [9.17, 15) is 4.79 Å². The first-order valence-electron chi connectivity index (χ1n) is 8.69. The SMILES string of the molecule is CCc1cc(=O)[nH]c(-c2ccc(NCCCc3cccc(Br)c3)nc2)n1. The minimum atomic E-state index is -0.137. The Labute approximate surface area is 161 Å². The second kappa shape index (κ2) is 8.76. The van der Waals surface area contributed by atoms with E-state index in [2.05, 4.69) is 54.4 Å². The fourth-order valence-corrected chi connectivity index (χ4v) is 3.11. The molecular formula is C20H21BrN4O. The number of aromatic nitrogens is 3. The molecule has 0 aliphatic carbocycles. The summed E-state index contributed by atoms with van der Waals surface area (Å²) in [5.74, 6) is 1.38. The van der Waals surface area contributed by atoms with Gasteiger partial charge in [0.05, 0.1) is 0 Å². The van der Waals surface area contributed by atoms with Gasteiger partial charge in [0.25, 0.3) is 5.56 Å². The van der Waals surface area contributed by atoms with E-state index < -0.39 is 0 Å². The highest BCUT2D eigenvalue weighted by Crippen LogP contribution is 2.16. The zero-order chi connectivity index (χ0) is 18.4. The third-order valence-corrected chi connectivity index (χ3v) is 4.52. The van der Waals surface area contributed by atoms with Crippen molar-refractivity contribution < 1.29 is 0 Å². The van der Waals surface area contributed by atoms with Crippen molar-refractivity contribution in [3.8, 4) is 11.4 Å². The highest BCUT2D eigenvalue weighted by Gasteiger charge is 2.04. The third-order valence-electron chi connectivity index (χ3n) is 4.03. The van der Waals surface area contributed by atoms with Crippen molar-refractivity contribution in [1.29, 1.82) is 0 Å². The summed E-state index contributed by atoms with van der Waals surface area (Å²) in [7, 11) is 0. The third kappa shape index (κ3) is 5.02. The van der Waals surface area contributed by atoms with Crippen molar-refractivity contribution in [2.24, 2.45) is 0 Å². The second-order valence-electron chi connectivity index (χ2n) is 6.03. The van der Waals surface area contributed by atoms with Gasteiger partial charge in [-0.25, -0.2) is 9.97 Å². The van der Waals surface area contributed by atoms with Gasteiger partial charge in [0.2, 0.25) is 0 Å². The van der Waals surface area contributed by atoms with Crippen molar-refractivity contribution in [3.63, 3.8) is 0 Å². The van der Waals surface area contributed by atoms with Gasteiger partial charge in [0.1, 0.15) is 11.6 Å². The number of anilines is 1. The molecular weight excluding hydrogens is 392 g/mol. The first-order valence-corrected chi connectivity index (χ1v) is 9.48. The molecule has 0 fully saturated rings. The molecule has 134 valence electrons. The predicted octanol–water partition coefficient (Wildman–Crippen LogP) is 4.20. The van der Waals surface area contributed by atoms with E-state index in [0.29, 0.717) is 5.82 Å². The van der Waals surface area contributed by atoms with Crippen LogP contribution in [0.2, 0.25) is 0 Å². The monoisotopic (exact) mass is 412 g/mol. The molecule has 2 aromatic heterocycles. The fraction of sp³-hybridized carbons (Fsp3) is 0.250. The van der Waals surface area contributed by atoms with E-state index in [4.69, 9.17) is 0 Å². The average Bonchev–Trinajstić information content (AvgIpc) is 2.65. The summed E-state index contributed by atoms with van der Waals surface area (Å²) in [5.41, 5.74) is 2.76. The quantitative estimate of drug-likeness (QED) is 0.570. The van der Waals surface area contributed by atoms with Gasteiger partial charge in [-0.3, -0.25) is 4.79 Å². The number of nitrogens with zero attached hydrogens (tertiary/aromatic N) is 2. The molecule has 0 saturated heterocycles. The lowest BCUT2D eigenvalue weighted by atomic mass is 10.1. The Kier molecular flexibility index (Phi) is 6.17. The van der Waals surface area contributed by atoms with Crippen molar-refractivity contribution in [2.75, 3.05) is 11.9 Å². The fourth-order valence-electron chi connectivity index (χ4n) is 2.67. The Morgan fingerprint density at radius 2 is 2.08 bits per heavy atom. The number of aromatic amines is 1. The standard InChI is InChI=1S/C20H21BrN4O/c1-2-17-12-19(26)25-20(24-17)15-8-9-18(23-13-15)22-10-4-6-14-5-3-7-16(21)11-14/h3,5,7-9,11-13H,2,4,6,10H2,1H3,(H,22,23)(H,24,25,26). The van der Waals surface area contributed by atoms with Crippen LogP contribution in [0.3, 0.4) is 0 Å². The normalized spacial score (nSPS) is 10.7. The predicted molar refractivity (Wildman–Crippen MR) is 108 cm³/mol. The molecule has 0 unspecified atom stereocenters. The lowest BCUT2D eigenvalue weighted by Gasteiger charge is -2.07. The zero-order valence-corrected chi connectivity index (χ0v) is 16.2. The van der Waals surface area contributed by atoms with Crippen molar-refractivity contribution in [3.05, 3.63) is 74.7 Å². The first kappa shape index (κ1) is 18.3. The van der Waals surface area contributed by atoms with Crippen molar-refractivity contribution in [1.82, 2.24) is 15.0 Å². The number of hydrogen-bond donors (Lipinski definition) is 2. The number of halogens is 1. The summed E-state index contributed by atoms with van der Waals surface area (Å²) in [6.45, 7) is 2.82. The summed E-state index contributed by atoms with van der Waals surface area (Å²) >= 11 is 3.49. The topological polar surface area (TPSA) is 70.7 Å². The molecule has 0 spiro atoms. The summed E-state index contributed by atoms with van der Waals surface area (Å²) in [6.07, 6.45) is 4.49. The lowest BCUT2D eigenvalue weighted by Crippen LogP contribution is -2.10. The van der Waals surface area contributed by atoms with E-state index in [1.165, 1.54) is 11.6 Å². The molecule has 0 radical (unpaired) electrons. The molecule has 3 rings (SSSR count).